The molecule has 74 valence electrons. The molecule has 0 aromatic carbocycles. The monoisotopic (exact) mass is 171 g/mol. The second-order valence-electron chi connectivity index (χ2n) is 3.92. The van der Waals surface area contributed by atoms with Gasteiger partial charge < -0.3 is 5.32 Å². The Bertz CT molecular complexity index is 79.0. The molecule has 12 heavy (non-hydrogen) atoms. The number of hydrogen-bond donors (Lipinski definition) is 1. The topological polar surface area (TPSA) is 12.0 Å². The van der Waals surface area contributed by atoms with Crippen molar-refractivity contribution < 1.29 is 0 Å². The summed E-state index contributed by atoms with van der Waals surface area (Å²) in [6.07, 6.45) is 5.27. The number of rotatable bonds is 7. The largest absolute Gasteiger partial charge is 0.314 e. The average molecular weight is 171 g/mol. The molecule has 0 radical (unpaired) electrons. The van der Waals surface area contributed by atoms with Crippen molar-refractivity contribution >= 4 is 0 Å². The van der Waals surface area contributed by atoms with Crippen LogP contribution in [0.3, 0.4) is 0 Å². The Kier molecular flexibility index (Phi) is 7.58. The van der Waals surface area contributed by atoms with E-state index in [-0.39, 0.29) is 0 Å². The Morgan fingerprint density at radius 3 is 2.25 bits per heavy atom. The first-order chi connectivity index (χ1) is 5.70. The minimum absolute atomic E-state index is 0.696. The first-order valence-corrected chi connectivity index (χ1v) is 5.44. The Morgan fingerprint density at radius 1 is 1.08 bits per heavy atom. The van der Waals surface area contributed by atoms with Crippen molar-refractivity contribution in [3.05, 3.63) is 0 Å². The highest BCUT2D eigenvalue weighted by atomic mass is 14.9. The second kappa shape index (κ2) is 7.60. The van der Waals surface area contributed by atoms with E-state index in [4.69, 9.17) is 0 Å². The van der Waals surface area contributed by atoms with Crippen molar-refractivity contribution in [1.29, 1.82) is 0 Å². The van der Waals surface area contributed by atoms with E-state index in [1.54, 1.807) is 0 Å². The van der Waals surface area contributed by atoms with Crippen LogP contribution in [0.25, 0.3) is 0 Å². The summed E-state index contributed by atoms with van der Waals surface area (Å²) in [7, 11) is 0. The third-order valence-corrected chi connectivity index (χ3v) is 2.68. The van der Waals surface area contributed by atoms with Crippen LogP contribution >= 0.6 is 0 Å². The Balaban J connectivity index is 3.10. The fourth-order valence-corrected chi connectivity index (χ4v) is 1.15. The SMILES string of the molecule is CCC(C)CCCNC(C)CC. The van der Waals surface area contributed by atoms with Gasteiger partial charge in [0.05, 0.1) is 0 Å². The predicted molar refractivity (Wildman–Crippen MR) is 56.4 cm³/mol. The molecule has 0 rings (SSSR count). The molecule has 0 bridgehead atoms. The fraction of sp³-hybridized carbons (Fsp3) is 1.00. The maximum atomic E-state index is 3.51. The van der Waals surface area contributed by atoms with Crippen LogP contribution in [0.1, 0.15) is 53.4 Å². The van der Waals surface area contributed by atoms with Gasteiger partial charge in [-0.2, -0.15) is 0 Å². The predicted octanol–water partition coefficient (Wildman–Crippen LogP) is 3.20. The highest BCUT2D eigenvalue weighted by Crippen LogP contribution is 2.08. The van der Waals surface area contributed by atoms with Gasteiger partial charge >= 0.3 is 0 Å². The van der Waals surface area contributed by atoms with Crippen molar-refractivity contribution in [2.24, 2.45) is 5.92 Å². The first kappa shape index (κ1) is 12.0. The molecule has 0 heterocycles. The maximum absolute atomic E-state index is 3.51. The maximum Gasteiger partial charge on any atom is 0.00360 e. The standard InChI is InChI=1S/C11H25N/c1-5-10(3)8-7-9-12-11(4)6-2/h10-12H,5-9H2,1-4H3. The van der Waals surface area contributed by atoms with Crippen molar-refractivity contribution in [2.75, 3.05) is 6.54 Å². The van der Waals surface area contributed by atoms with E-state index in [9.17, 15) is 0 Å². The van der Waals surface area contributed by atoms with Crippen LogP contribution < -0.4 is 5.32 Å². The molecule has 2 atom stereocenters. The van der Waals surface area contributed by atoms with Crippen LogP contribution in [0.4, 0.5) is 0 Å². The van der Waals surface area contributed by atoms with Gasteiger partial charge in [-0.25, -0.2) is 0 Å². The van der Waals surface area contributed by atoms with Gasteiger partial charge in [0.1, 0.15) is 0 Å². The zero-order chi connectivity index (χ0) is 9.40. The third kappa shape index (κ3) is 6.66. The molecule has 1 nitrogen and oxygen atoms in total. The van der Waals surface area contributed by atoms with E-state index < -0.39 is 0 Å². The van der Waals surface area contributed by atoms with Crippen LogP contribution in [0.15, 0.2) is 0 Å². The van der Waals surface area contributed by atoms with Gasteiger partial charge in [0.2, 0.25) is 0 Å². The molecular formula is C11H25N. The van der Waals surface area contributed by atoms with E-state index in [0.717, 1.165) is 5.92 Å². The van der Waals surface area contributed by atoms with Gasteiger partial charge in [-0.05, 0) is 38.6 Å². The van der Waals surface area contributed by atoms with Gasteiger partial charge in [0.25, 0.3) is 0 Å². The van der Waals surface area contributed by atoms with E-state index in [1.807, 2.05) is 0 Å². The van der Waals surface area contributed by atoms with Crippen LogP contribution in [-0.2, 0) is 0 Å². The molecule has 0 aliphatic heterocycles. The molecule has 1 heteroatoms. The lowest BCUT2D eigenvalue weighted by Gasteiger charge is -2.12. The van der Waals surface area contributed by atoms with Crippen molar-refractivity contribution in [1.82, 2.24) is 5.32 Å². The minimum atomic E-state index is 0.696. The molecule has 0 saturated heterocycles. The lowest BCUT2D eigenvalue weighted by molar-refractivity contribution is 0.456. The summed E-state index contributed by atoms with van der Waals surface area (Å²) in [5.74, 6) is 0.906. The zero-order valence-corrected chi connectivity index (χ0v) is 9.19. The number of hydrogen-bond acceptors (Lipinski definition) is 1. The summed E-state index contributed by atoms with van der Waals surface area (Å²) in [6, 6.07) is 0.696. The minimum Gasteiger partial charge on any atom is -0.314 e. The number of nitrogens with one attached hydrogen (secondary N) is 1. The van der Waals surface area contributed by atoms with E-state index in [0.29, 0.717) is 6.04 Å². The van der Waals surface area contributed by atoms with Crippen LogP contribution in [0, 0.1) is 5.92 Å². The summed E-state index contributed by atoms with van der Waals surface area (Å²) in [4.78, 5) is 0. The van der Waals surface area contributed by atoms with Crippen molar-refractivity contribution in [3.8, 4) is 0 Å². The van der Waals surface area contributed by atoms with E-state index >= 15 is 0 Å². The van der Waals surface area contributed by atoms with Crippen LogP contribution in [0.5, 0.6) is 0 Å². The molecule has 0 saturated carbocycles. The normalized spacial score (nSPS) is 16.0. The molecule has 2 unspecified atom stereocenters. The molecule has 0 spiro atoms. The average Bonchev–Trinajstić information content (AvgIpc) is 2.11. The third-order valence-electron chi connectivity index (χ3n) is 2.68. The lowest BCUT2D eigenvalue weighted by atomic mass is 10.0. The van der Waals surface area contributed by atoms with Gasteiger partial charge in [-0.3, -0.25) is 0 Å². The van der Waals surface area contributed by atoms with Gasteiger partial charge in [0, 0.05) is 6.04 Å². The summed E-state index contributed by atoms with van der Waals surface area (Å²) in [6.45, 7) is 10.3. The summed E-state index contributed by atoms with van der Waals surface area (Å²) in [5, 5.41) is 3.51. The summed E-state index contributed by atoms with van der Waals surface area (Å²) >= 11 is 0. The smallest absolute Gasteiger partial charge is 0.00360 e. The second-order valence-corrected chi connectivity index (χ2v) is 3.92. The fourth-order valence-electron chi connectivity index (χ4n) is 1.15. The van der Waals surface area contributed by atoms with Crippen molar-refractivity contribution in [3.63, 3.8) is 0 Å². The lowest BCUT2D eigenvalue weighted by Crippen LogP contribution is -2.26. The van der Waals surface area contributed by atoms with Crippen LogP contribution in [0.2, 0.25) is 0 Å². The van der Waals surface area contributed by atoms with Crippen molar-refractivity contribution in [2.45, 2.75) is 59.4 Å². The molecule has 0 aliphatic rings. The van der Waals surface area contributed by atoms with Crippen LogP contribution in [-0.4, -0.2) is 12.6 Å². The molecular weight excluding hydrogens is 146 g/mol. The highest BCUT2D eigenvalue weighted by Gasteiger charge is 1.99. The molecule has 0 fully saturated rings. The Labute approximate surface area is 77.9 Å². The van der Waals surface area contributed by atoms with Gasteiger partial charge in [-0.15, -0.1) is 0 Å². The van der Waals surface area contributed by atoms with Gasteiger partial charge in [-0.1, -0.05) is 27.2 Å². The quantitative estimate of drug-likeness (QED) is 0.580. The summed E-state index contributed by atoms with van der Waals surface area (Å²) < 4.78 is 0. The molecule has 0 amide bonds. The Hall–Kier alpha value is -0.0400. The van der Waals surface area contributed by atoms with Gasteiger partial charge in [0.15, 0.2) is 0 Å². The van der Waals surface area contributed by atoms with E-state index in [1.165, 1.54) is 32.2 Å². The molecule has 0 aromatic rings. The molecule has 1 N–H and O–H groups in total. The zero-order valence-electron chi connectivity index (χ0n) is 9.19. The summed E-state index contributed by atoms with van der Waals surface area (Å²) in [5.41, 5.74) is 0. The molecule has 0 aromatic heterocycles. The molecule has 0 aliphatic carbocycles. The highest BCUT2D eigenvalue weighted by molar-refractivity contribution is 4.58. The van der Waals surface area contributed by atoms with E-state index in [2.05, 4.69) is 33.0 Å². The Morgan fingerprint density at radius 2 is 1.75 bits per heavy atom. The first-order valence-electron chi connectivity index (χ1n) is 5.44.